The van der Waals surface area contributed by atoms with Crippen molar-refractivity contribution in [2.24, 2.45) is 0 Å². The van der Waals surface area contributed by atoms with Crippen molar-refractivity contribution in [2.75, 3.05) is 5.75 Å². The molecule has 2 aromatic rings. The molecule has 5 heteroatoms. The Kier molecular flexibility index (Phi) is 5.64. The highest BCUT2D eigenvalue weighted by Crippen LogP contribution is 2.21. The number of ketones is 1. The molecule has 0 heterocycles. The first-order chi connectivity index (χ1) is 9.54. The largest absolute Gasteiger partial charge is 0.298 e. The van der Waals surface area contributed by atoms with Crippen LogP contribution in [-0.4, -0.2) is 11.5 Å². The van der Waals surface area contributed by atoms with Crippen LogP contribution in [-0.2, 0) is 11.2 Å². The number of Topliss-reactive ketones (excluding diaryl/α,β-unsaturated/α-hetero) is 1. The maximum Gasteiger partial charge on any atom is 0.147 e. The van der Waals surface area contributed by atoms with Gasteiger partial charge in [-0.05, 0) is 42.0 Å². The molecule has 0 aliphatic carbocycles. The van der Waals surface area contributed by atoms with Crippen LogP contribution in [0.25, 0.3) is 0 Å². The van der Waals surface area contributed by atoms with E-state index < -0.39 is 5.82 Å². The summed E-state index contributed by atoms with van der Waals surface area (Å²) in [6.07, 6.45) is 0.267. The highest BCUT2D eigenvalue weighted by molar-refractivity contribution is 9.10. The van der Waals surface area contributed by atoms with Crippen molar-refractivity contribution in [3.63, 3.8) is 0 Å². The Morgan fingerprint density at radius 2 is 1.90 bits per heavy atom. The van der Waals surface area contributed by atoms with Gasteiger partial charge in [0.2, 0.25) is 0 Å². The monoisotopic (exact) mass is 372 g/mol. The molecule has 0 atom stereocenters. The lowest BCUT2D eigenvalue weighted by Crippen LogP contribution is -2.05. The summed E-state index contributed by atoms with van der Waals surface area (Å²) in [5, 5.41) is 0.0517. The second-order valence-electron chi connectivity index (χ2n) is 4.21. The zero-order valence-corrected chi connectivity index (χ0v) is 13.6. The van der Waals surface area contributed by atoms with Gasteiger partial charge in [-0.3, -0.25) is 4.79 Å². The van der Waals surface area contributed by atoms with Gasteiger partial charge in [-0.2, -0.15) is 0 Å². The molecule has 0 aromatic heterocycles. The molecular weight excluding hydrogens is 363 g/mol. The quantitative estimate of drug-likeness (QED) is 0.675. The summed E-state index contributed by atoms with van der Waals surface area (Å²) in [6.45, 7) is 0. The maximum atomic E-state index is 13.0. The van der Waals surface area contributed by atoms with Crippen molar-refractivity contribution in [1.29, 1.82) is 0 Å². The smallest absolute Gasteiger partial charge is 0.147 e. The van der Waals surface area contributed by atoms with Crippen molar-refractivity contribution < 1.29 is 9.18 Å². The van der Waals surface area contributed by atoms with Gasteiger partial charge in [0.25, 0.3) is 0 Å². The van der Waals surface area contributed by atoms with Crippen LogP contribution >= 0.6 is 39.3 Å². The van der Waals surface area contributed by atoms with E-state index in [4.69, 9.17) is 11.6 Å². The molecule has 0 spiro atoms. The Bertz CT molecular complexity index is 616. The zero-order chi connectivity index (χ0) is 14.5. The Hall–Kier alpha value is -0.840. The minimum atomic E-state index is -0.466. The third-order valence-corrected chi connectivity index (χ3v) is 4.49. The van der Waals surface area contributed by atoms with Crippen LogP contribution in [0.4, 0.5) is 4.39 Å². The molecule has 0 bridgehead atoms. The summed E-state index contributed by atoms with van der Waals surface area (Å²) in [6, 6.07) is 12.2. The minimum absolute atomic E-state index is 0.0517. The van der Waals surface area contributed by atoms with E-state index in [-0.39, 0.29) is 17.2 Å². The molecule has 2 aromatic carbocycles. The zero-order valence-electron chi connectivity index (χ0n) is 10.4. The van der Waals surface area contributed by atoms with Crippen LogP contribution in [0.5, 0.6) is 0 Å². The molecule has 0 saturated heterocycles. The van der Waals surface area contributed by atoms with Gasteiger partial charge in [-0.15, -0.1) is 11.8 Å². The first-order valence-electron chi connectivity index (χ1n) is 5.88. The van der Waals surface area contributed by atoms with E-state index in [0.717, 1.165) is 14.9 Å². The molecule has 1 nitrogen and oxygen atoms in total. The third kappa shape index (κ3) is 4.62. The van der Waals surface area contributed by atoms with Gasteiger partial charge in [0, 0.05) is 15.8 Å². The van der Waals surface area contributed by atoms with Crippen LogP contribution < -0.4 is 0 Å². The highest BCUT2D eigenvalue weighted by atomic mass is 79.9. The number of carbonyl (C=O) groups excluding carboxylic acids is 1. The molecule has 0 radical (unpaired) electrons. The summed E-state index contributed by atoms with van der Waals surface area (Å²) < 4.78 is 14.0. The van der Waals surface area contributed by atoms with E-state index in [2.05, 4.69) is 15.9 Å². The predicted octanol–water partition coefficient (Wildman–Crippen LogP) is 5.15. The average Bonchev–Trinajstić information content (AvgIpc) is 2.42. The fourth-order valence-electron chi connectivity index (χ4n) is 1.62. The van der Waals surface area contributed by atoms with E-state index in [9.17, 15) is 9.18 Å². The number of halogens is 3. The van der Waals surface area contributed by atoms with Crippen LogP contribution in [0.1, 0.15) is 5.56 Å². The maximum absolute atomic E-state index is 13.0. The molecule has 0 saturated carbocycles. The van der Waals surface area contributed by atoms with Crippen LogP contribution in [0.2, 0.25) is 5.02 Å². The van der Waals surface area contributed by atoms with E-state index in [1.165, 1.54) is 23.9 Å². The van der Waals surface area contributed by atoms with Crippen molar-refractivity contribution in [2.45, 2.75) is 11.3 Å². The summed E-state index contributed by atoms with van der Waals surface area (Å²) in [5.41, 5.74) is 0.734. The first-order valence-corrected chi connectivity index (χ1v) is 8.04. The van der Waals surface area contributed by atoms with Crippen LogP contribution in [0.3, 0.4) is 0 Å². The number of thioether (sulfide) groups is 1. The molecule has 0 aliphatic heterocycles. The Balaban J connectivity index is 1.89. The molecule has 0 N–H and O–H groups in total. The Labute approximate surface area is 134 Å². The van der Waals surface area contributed by atoms with Crippen molar-refractivity contribution in [3.8, 4) is 0 Å². The van der Waals surface area contributed by atoms with Gasteiger partial charge >= 0.3 is 0 Å². The Morgan fingerprint density at radius 3 is 2.55 bits per heavy atom. The average molecular weight is 374 g/mol. The summed E-state index contributed by atoms with van der Waals surface area (Å²) in [4.78, 5) is 12.9. The summed E-state index contributed by atoms with van der Waals surface area (Å²) >= 11 is 10.5. The van der Waals surface area contributed by atoms with Crippen LogP contribution in [0.15, 0.2) is 51.8 Å². The van der Waals surface area contributed by atoms with E-state index >= 15 is 0 Å². The van der Waals surface area contributed by atoms with Crippen molar-refractivity contribution in [1.82, 2.24) is 0 Å². The molecule has 20 heavy (non-hydrogen) atoms. The second kappa shape index (κ2) is 7.25. The van der Waals surface area contributed by atoms with Crippen molar-refractivity contribution >= 4 is 45.1 Å². The van der Waals surface area contributed by atoms with Gasteiger partial charge in [0.15, 0.2) is 0 Å². The normalized spacial score (nSPS) is 10.6. The minimum Gasteiger partial charge on any atom is -0.298 e. The van der Waals surface area contributed by atoms with Gasteiger partial charge in [-0.1, -0.05) is 33.6 Å². The lowest BCUT2D eigenvalue weighted by molar-refractivity contribution is -0.116. The number of hydrogen-bond acceptors (Lipinski definition) is 2. The third-order valence-electron chi connectivity index (χ3n) is 2.60. The lowest BCUT2D eigenvalue weighted by atomic mass is 10.1. The molecular formula is C15H11BrClFOS. The fourth-order valence-corrected chi connectivity index (χ4v) is 2.85. The second-order valence-corrected chi connectivity index (χ2v) is 6.58. The summed E-state index contributed by atoms with van der Waals surface area (Å²) in [5.74, 6) is 0.00378. The Morgan fingerprint density at radius 1 is 1.20 bits per heavy atom. The molecule has 0 unspecified atom stereocenters. The fraction of sp³-hybridized carbons (Fsp3) is 0.133. The number of carbonyl (C=O) groups is 1. The van der Waals surface area contributed by atoms with E-state index in [1.807, 2.05) is 24.3 Å². The molecule has 2 rings (SSSR count). The number of benzene rings is 2. The molecule has 0 amide bonds. The van der Waals surface area contributed by atoms with Gasteiger partial charge in [0.1, 0.15) is 11.6 Å². The van der Waals surface area contributed by atoms with Gasteiger partial charge in [0.05, 0.1) is 10.8 Å². The van der Waals surface area contributed by atoms with Crippen molar-refractivity contribution in [3.05, 3.63) is 63.3 Å². The molecule has 0 fully saturated rings. The van der Waals surface area contributed by atoms with E-state index in [0.29, 0.717) is 5.75 Å². The standard InChI is InChI=1S/C15H11BrClFOS/c16-11-2-4-13(5-3-11)20-9-12(19)7-10-1-6-15(18)14(17)8-10/h1-6,8H,7,9H2. The SMILES string of the molecule is O=C(CSc1ccc(Br)cc1)Cc1ccc(F)c(Cl)c1. The lowest BCUT2D eigenvalue weighted by Gasteiger charge is -2.03. The predicted molar refractivity (Wildman–Crippen MR) is 85.0 cm³/mol. The highest BCUT2D eigenvalue weighted by Gasteiger charge is 2.07. The number of hydrogen-bond donors (Lipinski definition) is 0. The number of rotatable bonds is 5. The van der Waals surface area contributed by atoms with Crippen LogP contribution in [0, 0.1) is 5.82 Å². The van der Waals surface area contributed by atoms with Gasteiger partial charge < -0.3 is 0 Å². The molecule has 104 valence electrons. The topological polar surface area (TPSA) is 17.1 Å². The van der Waals surface area contributed by atoms with Gasteiger partial charge in [-0.25, -0.2) is 4.39 Å². The summed E-state index contributed by atoms with van der Waals surface area (Å²) in [7, 11) is 0. The van der Waals surface area contributed by atoms with E-state index in [1.54, 1.807) is 6.07 Å². The molecule has 0 aliphatic rings. The first kappa shape index (κ1) is 15.5.